The van der Waals surface area contributed by atoms with Crippen LogP contribution in [-0.2, 0) is 15.6 Å². The Morgan fingerprint density at radius 1 is 1.35 bits per heavy atom. The Hall–Kier alpha value is -1.04. The molecule has 2 rings (SSSR count). The summed E-state index contributed by atoms with van der Waals surface area (Å²) in [7, 11) is -1.75. The fraction of sp³-hybridized carbons (Fsp3) is 0.286. The maximum Gasteiger partial charge on any atom is 0.162 e. The molecule has 0 fully saturated rings. The average molecular weight is 331 g/mol. The molecule has 20 heavy (non-hydrogen) atoms. The molecule has 0 saturated heterocycles. The number of thiophene rings is 1. The van der Waals surface area contributed by atoms with E-state index in [1.807, 2.05) is 17.5 Å². The maximum absolute atomic E-state index is 12.4. The van der Waals surface area contributed by atoms with Crippen LogP contribution in [0.1, 0.15) is 22.6 Å². The number of ether oxygens (including phenoxy) is 1. The Kier molecular flexibility index (Phi) is 4.73. The lowest BCUT2D eigenvalue weighted by Gasteiger charge is -2.12. The largest absolute Gasteiger partial charge is 0.497 e. The Labute approximate surface area is 128 Å². The summed E-state index contributed by atoms with van der Waals surface area (Å²) < 4.78 is 29.9. The van der Waals surface area contributed by atoms with Gasteiger partial charge in [0.05, 0.1) is 18.1 Å². The fourth-order valence-corrected chi connectivity index (χ4v) is 4.77. The summed E-state index contributed by atoms with van der Waals surface area (Å²) in [4.78, 5) is 0.842. The average Bonchev–Trinajstić information content (AvgIpc) is 2.93. The van der Waals surface area contributed by atoms with E-state index in [4.69, 9.17) is 16.3 Å². The molecule has 1 heterocycles. The summed E-state index contributed by atoms with van der Waals surface area (Å²) in [6.45, 7) is 1.71. The molecule has 3 nitrogen and oxygen atoms in total. The summed E-state index contributed by atoms with van der Waals surface area (Å²) in [6.07, 6.45) is 0. The van der Waals surface area contributed by atoms with E-state index in [9.17, 15) is 8.42 Å². The predicted octanol–water partition coefficient (Wildman–Crippen LogP) is 4.09. The lowest BCUT2D eigenvalue weighted by atomic mass is 10.2. The van der Waals surface area contributed by atoms with E-state index in [-0.39, 0.29) is 5.75 Å². The van der Waals surface area contributed by atoms with Gasteiger partial charge in [0.25, 0.3) is 0 Å². The first-order valence-corrected chi connectivity index (χ1v) is 8.98. The first-order valence-electron chi connectivity index (χ1n) is 6.01. The van der Waals surface area contributed by atoms with Crippen LogP contribution in [0, 0.1) is 0 Å². The molecule has 1 aromatic carbocycles. The molecule has 0 saturated carbocycles. The standard InChI is InChI=1S/C14H15ClO3S2/c1-10(14-4-3-7-19-14)20(16,17)9-11-5-6-12(18-2)8-13(11)15/h3-8,10H,9H2,1-2H3/t10-/m1/s1. The van der Waals surface area contributed by atoms with Gasteiger partial charge in [0.2, 0.25) is 0 Å². The summed E-state index contributed by atoms with van der Waals surface area (Å²) in [5.74, 6) is 0.539. The minimum absolute atomic E-state index is 0.0745. The summed E-state index contributed by atoms with van der Waals surface area (Å²) in [6, 6.07) is 8.73. The van der Waals surface area contributed by atoms with Gasteiger partial charge in [0.15, 0.2) is 9.84 Å². The third-order valence-corrected chi connectivity index (χ3v) is 6.70. The molecule has 0 amide bonds. The molecule has 0 aliphatic carbocycles. The highest BCUT2D eigenvalue weighted by Gasteiger charge is 2.24. The third kappa shape index (κ3) is 3.34. The van der Waals surface area contributed by atoms with Gasteiger partial charge in [0.1, 0.15) is 5.75 Å². The van der Waals surface area contributed by atoms with Crippen molar-refractivity contribution in [2.24, 2.45) is 0 Å². The Morgan fingerprint density at radius 2 is 2.10 bits per heavy atom. The van der Waals surface area contributed by atoms with Crippen LogP contribution in [0.4, 0.5) is 0 Å². The summed E-state index contributed by atoms with van der Waals surface area (Å²) in [5, 5.41) is 1.76. The normalized spacial score (nSPS) is 13.2. The van der Waals surface area contributed by atoms with E-state index in [0.717, 1.165) is 4.88 Å². The molecule has 1 aromatic heterocycles. The number of halogens is 1. The number of methoxy groups -OCH3 is 1. The Bertz CT molecular complexity index is 678. The lowest BCUT2D eigenvalue weighted by Crippen LogP contribution is -2.12. The number of sulfone groups is 1. The minimum Gasteiger partial charge on any atom is -0.497 e. The highest BCUT2D eigenvalue weighted by Crippen LogP contribution is 2.31. The second-order valence-corrected chi connectivity index (χ2v) is 8.13. The quantitative estimate of drug-likeness (QED) is 0.829. The molecule has 0 radical (unpaired) electrons. The van der Waals surface area contributed by atoms with Crippen molar-refractivity contribution in [3.63, 3.8) is 0 Å². The van der Waals surface area contributed by atoms with Crippen molar-refractivity contribution in [1.29, 1.82) is 0 Å². The number of hydrogen-bond acceptors (Lipinski definition) is 4. The first kappa shape index (κ1) is 15.4. The molecule has 0 aliphatic rings. The molecule has 0 N–H and O–H groups in total. The van der Waals surface area contributed by atoms with Crippen LogP contribution < -0.4 is 4.74 Å². The molecular formula is C14H15ClO3S2. The fourth-order valence-electron chi connectivity index (χ4n) is 1.81. The van der Waals surface area contributed by atoms with Crippen LogP contribution in [0.25, 0.3) is 0 Å². The monoisotopic (exact) mass is 330 g/mol. The lowest BCUT2D eigenvalue weighted by molar-refractivity contribution is 0.414. The van der Waals surface area contributed by atoms with E-state index in [2.05, 4.69) is 0 Å². The Morgan fingerprint density at radius 3 is 2.65 bits per heavy atom. The molecule has 108 valence electrons. The maximum atomic E-state index is 12.4. The van der Waals surface area contributed by atoms with Gasteiger partial charge in [-0.2, -0.15) is 0 Å². The summed E-state index contributed by atoms with van der Waals surface area (Å²) in [5.41, 5.74) is 0.593. The van der Waals surface area contributed by atoms with Crippen LogP contribution in [0.15, 0.2) is 35.7 Å². The second kappa shape index (κ2) is 6.16. The molecule has 0 bridgehead atoms. The number of rotatable bonds is 5. The van der Waals surface area contributed by atoms with Crippen molar-refractivity contribution in [3.8, 4) is 5.75 Å². The minimum atomic E-state index is -3.29. The smallest absolute Gasteiger partial charge is 0.162 e. The first-order chi connectivity index (χ1) is 9.44. The molecule has 0 unspecified atom stereocenters. The SMILES string of the molecule is COc1ccc(CS(=O)(=O)[C@H](C)c2cccs2)c(Cl)c1. The van der Waals surface area contributed by atoms with Crippen LogP contribution in [0.3, 0.4) is 0 Å². The molecule has 2 aromatic rings. The van der Waals surface area contributed by atoms with E-state index >= 15 is 0 Å². The van der Waals surface area contributed by atoms with E-state index < -0.39 is 15.1 Å². The zero-order valence-corrected chi connectivity index (χ0v) is 13.6. The molecule has 0 aliphatic heterocycles. The van der Waals surface area contributed by atoms with E-state index in [1.54, 1.807) is 32.2 Å². The highest BCUT2D eigenvalue weighted by molar-refractivity contribution is 7.91. The third-order valence-electron chi connectivity index (χ3n) is 3.10. The molecule has 1 atom stereocenters. The number of benzene rings is 1. The zero-order chi connectivity index (χ0) is 14.8. The van der Waals surface area contributed by atoms with E-state index in [0.29, 0.717) is 16.3 Å². The van der Waals surface area contributed by atoms with Gasteiger partial charge in [-0.1, -0.05) is 23.7 Å². The van der Waals surface area contributed by atoms with E-state index in [1.165, 1.54) is 11.3 Å². The highest BCUT2D eigenvalue weighted by atomic mass is 35.5. The van der Waals surface area contributed by atoms with Gasteiger partial charge in [0, 0.05) is 9.90 Å². The van der Waals surface area contributed by atoms with Crippen LogP contribution in [0.5, 0.6) is 5.75 Å². The van der Waals surface area contributed by atoms with Gasteiger partial charge in [-0.15, -0.1) is 11.3 Å². The van der Waals surface area contributed by atoms with Crippen molar-refractivity contribution >= 4 is 32.8 Å². The molecular weight excluding hydrogens is 316 g/mol. The summed E-state index contributed by atoms with van der Waals surface area (Å²) >= 11 is 7.55. The van der Waals surface area contributed by atoms with Crippen molar-refractivity contribution < 1.29 is 13.2 Å². The van der Waals surface area contributed by atoms with Gasteiger partial charge < -0.3 is 4.74 Å². The topological polar surface area (TPSA) is 43.4 Å². The predicted molar refractivity (Wildman–Crippen MR) is 83.4 cm³/mol. The van der Waals surface area contributed by atoms with Gasteiger partial charge in [-0.3, -0.25) is 0 Å². The van der Waals surface area contributed by atoms with Crippen LogP contribution in [-0.4, -0.2) is 15.5 Å². The number of hydrogen-bond donors (Lipinski definition) is 0. The van der Waals surface area contributed by atoms with Crippen molar-refractivity contribution in [2.75, 3.05) is 7.11 Å². The van der Waals surface area contributed by atoms with Gasteiger partial charge >= 0.3 is 0 Å². The van der Waals surface area contributed by atoms with Crippen LogP contribution in [0.2, 0.25) is 5.02 Å². The molecule has 6 heteroatoms. The van der Waals surface area contributed by atoms with Crippen molar-refractivity contribution in [3.05, 3.63) is 51.2 Å². The van der Waals surface area contributed by atoms with Crippen molar-refractivity contribution in [1.82, 2.24) is 0 Å². The zero-order valence-electron chi connectivity index (χ0n) is 11.2. The Balaban J connectivity index is 2.24. The second-order valence-electron chi connectivity index (χ2n) is 4.42. The van der Waals surface area contributed by atoms with Crippen molar-refractivity contribution in [2.45, 2.75) is 17.9 Å². The molecule has 0 spiro atoms. The van der Waals surface area contributed by atoms with Gasteiger partial charge in [-0.05, 0) is 36.1 Å². The van der Waals surface area contributed by atoms with Crippen LogP contribution >= 0.6 is 22.9 Å². The van der Waals surface area contributed by atoms with Gasteiger partial charge in [-0.25, -0.2) is 8.42 Å².